The zero-order valence-corrected chi connectivity index (χ0v) is 12.4. The molecular formula is C15H28N2O2. The van der Waals surface area contributed by atoms with Crippen LogP contribution in [-0.4, -0.2) is 59.1 Å². The van der Waals surface area contributed by atoms with Gasteiger partial charge < -0.3 is 14.9 Å². The lowest BCUT2D eigenvalue weighted by Crippen LogP contribution is -2.50. The van der Waals surface area contributed by atoms with Crippen LogP contribution in [0.5, 0.6) is 0 Å². The summed E-state index contributed by atoms with van der Waals surface area (Å²) >= 11 is 0. The van der Waals surface area contributed by atoms with Crippen LogP contribution in [0, 0.1) is 0 Å². The quantitative estimate of drug-likeness (QED) is 0.846. The number of likely N-dealkylation sites (tertiary alicyclic amines) is 1. The molecule has 1 aliphatic carbocycles. The molecule has 1 amide bonds. The highest BCUT2D eigenvalue weighted by atomic mass is 16.3. The average Bonchev–Trinajstić information content (AvgIpc) is 2.39. The summed E-state index contributed by atoms with van der Waals surface area (Å²) in [5.74, 6) is 0.157. The van der Waals surface area contributed by atoms with E-state index in [1.165, 1.54) is 19.3 Å². The van der Waals surface area contributed by atoms with Gasteiger partial charge in [-0.3, -0.25) is 4.79 Å². The van der Waals surface area contributed by atoms with Crippen LogP contribution < -0.4 is 0 Å². The number of aliphatic hydroxyl groups is 1. The van der Waals surface area contributed by atoms with E-state index in [1.54, 1.807) is 6.92 Å². The zero-order valence-electron chi connectivity index (χ0n) is 12.4. The molecule has 110 valence electrons. The van der Waals surface area contributed by atoms with Crippen molar-refractivity contribution < 1.29 is 9.90 Å². The summed E-state index contributed by atoms with van der Waals surface area (Å²) in [6.07, 6.45) is 7.59. The first kappa shape index (κ1) is 14.8. The molecule has 0 unspecified atom stereocenters. The smallest absolute Gasteiger partial charge is 0.219 e. The summed E-state index contributed by atoms with van der Waals surface area (Å²) in [6.45, 7) is 4.47. The molecule has 4 nitrogen and oxygen atoms in total. The van der Waals surface area contributed by atoms with E-state index in [0.29, 0.717) is 6.04 Å². The van der Waals surface area contributed by atoms with E-state index >= 15 is 0 Å². The Morgan fingerprint density at radius 1 is 1.26 bits per heavy atom. The predicted molar refractivity (Wildman–Crippen MR) is 75.9 cm³/mol. The van der Waals surface area contributed by atoms with Gasteiger partial charge in [0.1, 0.15) is 0 Å². The fraction of sp³-hybridized carbons (Fsp3) is 0.933. The van der Waals surface area contributed by atoms with E-state index in [2.05, 4.69) is 4.90 Å². The Morgan fingerprint density at radius 3 is 2.37 bits per heavy atom. The highest BCUT2D eigenvalue weighted by Gasteiger charge is 2.33. The van der Waals surface area contributed by atoms with Crippen molar-refractivity contribution in [2.45, 2.75) is 63.5 Å². The molecule has 1 N–H and O–H groups in total. The molecule has 0 atom stereocenters. The number of rotatable bonds is 3. The molecule has 1 saturated heterocycles. The van der Waals surface area contributed by atoms with Crippen molar-refractivity contribution in [3.05, 3.63) is 0 Å². The van der Waals surface area contributed by atoms with E-state index in [-0.39, 0.29) is 5.91 Å². The fourth-order valence-corrected chi connectivity index (χ4v) is 3.51. The monoisotopic (exact) mass is 268 g/mol. The Kier molecular flexibility index (Phi) is 4.85. The van der Waals surface area contributed by atoms with Crippen LogP contribution in [0.4, 0.5) is 0 Å². The van der Waals surface area contributed by atoms with Crippen LogP contribution in [0.1, 0.15) is 51.9 Å². The van der Waals surface area contributed by atoms with Gasteiger partial charge in [0, 0.05) is 39.6 Å². The second-order valence-corrected chi connectivity index (χ2v) is 6.42. The molecule has 0 aromatic heterocycles. The van der Waals surface area contributed by atoms with Crippen LogP contribution in [0.15, 0.2) is 0 Å². The minimum absolute atomic E-state index is 0.157. The summed E-state index contributed by atoms with van der Waals surface area (Å²) in [5.41, 5.74) is -0.447. The van der Waals surface area contributed by atoms with Gasteiger partial charge in [-0.05, 0) is 25.7 Å². The largest absolute Gasteiger partial charge is 0.389 e. The standard InChI is InChI=1S/C15H28N2O2/c1-13(18)16(2)14-6-10-17(11-7-14)12-15(19)8-4-3-5-9-15/h14,19H,3-12H2,1-2H3. The first-order valence-corrected chi connectivity index (χ1v) is 7.68. The number of hydrogen-bond acceptors (Lipinski definition) is 3. The van der Waals surface area contributed by atoms with E-state index in [9.17, 15) is 9.90 Å². The Balaban J connectivity index is 1.78. The third-order valence-electron chi connectivity index (χ3n) is 4.90. The molecule has 2 fully saturated rings. The molecule has 0 aromatic carbocycles. The maximum absolute atomic E-state index is 11.4. The van der Waals surface area contributed by atoms with Gasteiger partial charge in [-0.25, -0.2) is 0 Å². The van der Waals surface area contributed by atoms with E-state index in [4.69, 9.17) is 0 Å². The van der Waals surface area contributed by atoms with E-state index in [1.807, 2.05) is 11.9 Å². The molecule has 0 aromatic rings. The third kappa shape index (κ3) is 3.93. The number of β-amino-alcohol motifs (C(OH)–C–C–N with tert-alkyl or cyclic N) is 1. The molecule has 2 aliphatic rings. The molecule has 4 heteroatoms. The van der Waals surface area contributed by atoms with E-state index in [0.717, 1.165) is 45.3 Å². The highest BCUT2D eigenvalue weighted by molar-refractivity contribution is 5.73. The van der Waals surface area contributed by atoms with Gasteiger partial charge in [-0.2, -0.15) is 0 Å². The molecule has 0 spiro atoms. The van der Waals surface area contributed by atoms with Gasteiger partial charge in [0.15, 0.2) is 0 Å². The van der Waals surface area contributed by atoms with Crippen LogP contribution in [-0.2, 0) is 4.79 Å². The summed E-state index contributed by atoms with van der Waals surface area (Å²) < 4.78 is 0. The topological polar surface area (TPSA) is 43.8 Å². The highest BCUT2D eigenvalue weighted by Crippen LogP contribution is 2.29. The summed E-state index contributed by atoms with van der Waals surface area (Å²) in [7, 11) is 1.90. The van der Waals surface area contributed by atoms with Gasteiger partial charge >= 0.3 is 0 Å². The van der Waals surface area contributed by atoms with Crippen molar-refractivity contribution in [3.63, 3.8) is 0 Å². The fourth-order valence-electron chi connectivity index (χ4n) is 3.51. The minimum atomic E-state index is -0.447. The Bertz CT molecular complexity index is 305. The number of nitrogens with zero attached hydrogens (tertiary/aromatic N) is 2. The Morgan fingerprint density at radius 2 is 1.84 bits per heavy atom. The van der Waals surface area contributed by atoms with Crippen molar-refractivity contribution in [1.82, 2.24) is 9.80 Å². The molecule has 1 heterocycles. The Hall–Kier alpha value is -0.610. The van der Waals surface area contributed by atoms with Crippen molar-refractivity contribution in [3.8, 4) is 0 Å². The lowest BCUT2D eigenvalue weighted by Gasteiger charge is -2.41. The van der Waals surface area contributed by atoms with Crippen LogP contribution in [0.2, 0.25) is 0 Å². The van der Waals surface area contributed by atoms with Crippen molar-refractivity contribution in [2.24, 2.45) is 0 Å². The van der Waals surface area contributed by atoms with Gasteiger partial charge in [0.05, 0.1) is 5.60 Å². The molecule has 19 heavy (non-hydrogen) atoms. The normalized spacial score (nSPS) is 25.2. The molecule has 1 saturated carbocycles. The van der Waals surface area contributed by atoms with E-state index < -0.39 is 5.60 Å². The number of hydrogen-bond donors (Lipinski definition) is 1. The van der Waals surface area contributed by atoms with Crippen molar-refractivity contribution >= 4 is 5.91 Å². The molecular weight excluding hydrogens is 240 g/mol. The minimum Gasteiger partial charge on any atom is -0.389 e. The molecule has 0 radical (unpaired) electrons. The van der Waals surface area contributed by atoms with Crippen LogP contribution >= 0.6 is 0 Å². The summed E-state index contributed by atoms with van der Waals surface area (Å²) in [5, 5.41) is 10.6. The number of piperidine rings is 1. The Labute approximate surface area is 116 Å². The lowest BCUT2D eigenvalue weighted by molar-refractivity contribution is -0.130. The van der Waals surface area contributed by atoms with Crippen LogP contribution in [0.3, 0.4) is 0 Å². The molecule has 1 aliphatic heterocycles. The SMILES string of the molecule is CC(=O)N(C)C1CCN(CC2(O)CCCCC2)CC1. The van der Waals surface area contributed by atoms with Gasteiger partial charge in [0.2, 0.25) is 5.91 Å². The lowest BCUT2D eigenvalue weighted by atomic mass is 9.84. The zero-order chi connectivity index (χ0) is 13.9. The van der Waals surface area contributed by atoms with Gasteiger partial charge in [0.25, 0.3) is 0 Å². The average molecular weight is 268 g/mol. The van der Waals surface area contributed by atoms with Crippen LogP contribution in [0.25, 0.3) is 0 Å². The number of amides is 1. The van der Waals surface area contributed by atoms with Crippen molar-refractivity contribution in [1.29, 1.82) is 0 Å². The molecule has 0 bridgehead atoms. The first-order chi connectivity index (χ1) is 9.00. The number of carbonyl (C=O) groups excluding carboxylic acids is 1. The number of carbonyl (C=O) groups is 1. The second kappa shape index (κ2) is 6.23. The molecule has 2 rings (SSSR count). The maximum Gasteiger partial charge on any atom is 0.219 e. The van der Waals surface area contributed by atoms with Gasteiger partial charge in [-0.1, -0.05) is 19.3 Å². The third-order valence-corrected chi connectivity index (χ3v) is 4.90. The predicted octanol–water partition coefficient (Wildman–Crippen LogP) is 1.62. The van der Waals surface area contributed by atoms with Crippen molar-refractivity contribution in [2.75, 3.05) is 26.7 Å². The summed E-state index contributed by atoms with van der Waals surface area (Å²) in [6, 6.07) is 0.384. The van der Waals surface area contributed by atoms with Gasteiger partial charge in [-0.15, -0.1) is 0 Å². The maximum atomic E-state index is 11.4. The second-order valence-electron chi connectivity index (χ2n) is 6.42. The summed E-state index contributed by atoms with van der Waals surface area (Å²) in [4.78, 5) is 15.6. The first-order valence-electron chi connectivity index (χ1n) is 7.68.